The first kappa shape index (κ1) is 10.9. The van der Waals surface area contributed by atoms with Crippen LogP contribution in [0.3, 0.4) is 0 Å². The smallest absolute Gasteiger partial charge is 0.151 e. The van der Waals surface area contributed by atoms with Crippen LogP contribution in [0.4, 0.5) is 0 Å². The molecule has 0 bridgehead atoms. The Morgan fingerprint density at radius 1 is 1.31 bits per heavy atom. The summed E-state index contributed by atoms with van der Waals surface area (Å²) in [7, 11) is -2.91. The molecule has 0 unspecified atom stereocenters. The van der Waals surface area contributed by atoms with Gasteiger partial charge < -0.3 is 10.5 Å². The molecule has 0 aliphatic carbocycles. The quantitative estimate of drug-likeness (QED) is 0.692. The Kier molecular flexibility index (Phi) is 4.15. The predicted molar refractivity (Wildman–Crippen MR) is 51.3 cm³/mol. The van der Waals surface area contributed by atoms with Gasteiger partial charge >= 0.3 is 0 Å². The van der Waals surface area contributed by atoms with Crippen molar-refractivity contribution in [3.05, 3.63) is 0 Å². The van der Waals surface area contributed by atoms with E-state index in [1.54, 1.807) is 0 Å². The Balaban J connectivity index is 2.37. The van der Waals surface area contributed by atoms with Crippen molar-refractivity contribution in [3.8, 4) is 0 Å². The molecule has 2 N–H and O–H groups in total. The third-order valence-corrected chi connectivity index (χ3v) is 4.10. The van der Waals surface area contributed by atoms with Gasteiger partial charge in [-0.05, 0) is 18.8 Å². The molecular weight excluding hydrogens is 190 g/mol. The molecule has 1 rings (SSSR count). The van der Waals surface area contributed by atoms with Gasteiger partial charge in [-0.15, -0.1) is 0 Å². The van der Waals surface area contributed by atoms with E-state index < -0.39 is 9.84 Å². The van der Waals surface area contributed by atoms with Crippen LogP contribution in [0.2, 0.25) is 0 Å². The Labute approximate surface area is 79.4 Å². The van der Waals surface area contributed by atoms with E-state index in [0.717, 1.165) is 12.8 Å². The van der Waals surface area contributed by atoms with Gasteiger partial charge in [-0.2, -0.15) is 0 Å². The average molecular weight is 207 g/mol. The van der Waals surface area contributed by atoms with Gasteiger partial charge in [0.05, 0.1) is 11.5 Å². The van der Waals surface area contributed by atoms with Crippen molar-refractivity contribution in [1.82, 2.24) is 0 Å². The molecule has 1 saturated heterocycles. The van der Waals surface area contributed by atoms with E-state index in [1.807, 2.05) is 0 Å². The molecule has 78 valence electrons. The monoisotopic (exact) mass is 207 g/mol. The lowest BCUT2D eigenvalue weighted by Gasteiger charge is -2.21. The zero-order chi connectivity index (χ0) is 9.73. The second kappa shape index (κ2) is 4.93. The maximum Gasteiger partial charge on any atom is 0.151 e. The minimum atomic E-state index is -2.91. The minimum Gasteiger partial charge on any atom is -0.381 e. The first-order chi connectivity index (χ1) is 6.14. The number of rotatable bonds is 4. The second-order valence-corrected chi connectivity index (χ2v) is 5.69. The molecule has 0 saturated carbocycles. The third-order valence-electron chi connectivity index (χ3n) is 2.26. The lowest BCUT2D eigenvalue weighted by atomic mass is 10.0. The van der Waals surface area contributed by atoms with Gasteiger partial charge in [0.1, 0.15) is 0 Å². The fraction of sp³-hybridized carbons (Fsp3) is 1.00. The molecule has 0 spiro atoms. The van der Waals surface area contributed by atoms with Gasteiger partial charge in [0.2, 0.25) is 0 Å². The fourth-order valence-electron chi connectivity index (χ4n) is 1.54. The fourth-order valence-corrected chi connectivity index (χ4v) is 3.11. The first-order valence-electron chi connectivity index (χ1n) is 4.62. The topological polar surface area (TPSA) is 69.4 Å². The van der Waals surface area contributed by atoms with Gasteiger partial charge in [0.15, 0.2) is 9.84 Å². The highest BCUT2D eigenvalue weighted by Crippen LogP contribution is 2.16. The van der Waals surface area contributed by atoms with Crippen molar-refractivity contribution in [2.24, 2.45) is 11.7 Å². The Morgan fingerprint density at radius 2 is 1.92 bits per heavy atom. The summed E-state index contributed by atoms with van der Waals surface area (Å²) in [5.74, 6) is 0.683. The molecule has 1 aliphatic heterocycles. The lowest BCUT2D eigenvalue weighted by Crippen LogP contribution is -2.27. The molecule has 0 amide bonds. The summed E-state index contributed by atoms with van der Waals surface area (Å²) in [6.45, 7) is 1.62. The maximum absolute atomic E-state index is 11.4. The van der Waals surface area contributed by atoms with Crippen LogP contribution in [-0.2, 0) is 14.6 Å². The number of sulfone groups is 1. The van der Waals surface area contributed by atoms with Gasteiger partial charge in [-0.1, -0.05) is 0 Å². The third kappa shape index (κ3) is 4.06. The summed E-state index contributed by atoms with van der Waals surface area (Å²) in [6, 6.07) is 0. The molecule has 0 aromatic heterocycles. The van der Waals surface area contributed by atoms with Gasteiger partial charge in [0.25, 0.3) is 0 Å². The molecule has 5 heteroatoms. The summed E-state index contributed by atoms with van der Waals surface area (Å²) in [5, 5.41) is 0. The predicted octanol–water partition coefficient (Wildman–Crippen LogP) is -0.214. The summed E-state index contributed by atoms with van der Waals surface area (Å²) in [5.41, 5.74) is 5.22. The Bertz CT molecular complexity index is 232. The zero-order valence-corrected chi connectivity index (χ0v) is 8.55. The number of hydrogen-bond donors (Lipinski definition) is 1. The van der Waals surface area contributed by atoms with Crippen molar-refractivity contribution < 1.29 is 13.2 Å². The van der Waals surface area contributed by atoms with E-state index >= 15 is 0 Å². The second-order valence-electron chi connectivity index (χ2n) is 3.46. The highest BCUT2D eigenvalue weighted by atomic mass is 32.2. The first-order valence-corrected chi connectivity index (χ1v) is 6.44. The largest absolute Gasteiger partial charge is 0.381 e. The van der Waals surface area contributed by atoms with Crippen LogP contribution < -0.4 is 5.73 Å². The van der Waals surface area contributed by atoms with E-state index in [-0.39, 0.29) is 24.0 Å². The van der Waals surface area contributed by atoms with Gasteiger partial charge in [-0.3, -0.25) is 0 Å². The van der Waals surface area contributed by atoms with Crippen LogP contribution in [0.15, 0.2) is 0 Å². The van der Waals surface area contributed by atoms with Gasteiger partial charge in [0, 0.05) is 19.8 Å². The molecule has 0 aromatic carbocycles. The highest BCUT2D eigenvalue weighted by Gasteiger charge is 2.20. The van der Waals surface area contributed by atoms with E-state index in [0.29, 0.717) is 13.2 Å². The van der Waals surface area contributed by atoms with E-state index in [2.05, 4.69) is 0 Å². The standard InChI is InChI=1S/C8H17NO3S/c9-3-6-13(10,11)7-8-1-4-12-5-2-8/h8H,1-7,9H2. The number of hydrogen-bond acceptors (Lipinski definition) is 4. The molecule has 1 aliphatic rings. The van der Waals surface area contributed by atoms with Crippen LogP contribution in [0, 0.1) is 5.92 Å². The van der Waals surface area contributed by atoms with E-state index in [9.17, 15) is 8.42 Å². The van der Waals surface area contributed by atoms with Crippen molar-refractivity contribution in [2.75, 3.05) is 31.3 Å². The summed E-state index contributed by atoms with van der Waals surface area (Å²) in [4.78, 5) is 0. The summed E-state index contributed by atoms with van der Waals surface area (Å²) < 4.78 is 27.9. The van der Waals surface area contributed by atoms with Crippen molar-refractivity contribution in [3.63, 3.8) is 0 Å². The highest BCUT2D eigenvalue weighted by molar-refractivity contribution is 7.91. The SMILES string of the molecule is NCCS(=O)(=O)CC1CCOCC1. The zero-order valence-electron chi connectivity index (χ0n) is 7.74. The summed E-state index contributed by atoms with van der Waals surface area (Å²) >= 11 is 0. The Morgan fingerprint density at radius 3 is 2.46 bits per heavy atom. The van der Waals surface area contributed by atoms with E-state index in [4.69, 9.17) is 10.5 Å². The molecule has 1 heterocycles. The van der Waals surface area contributed by atoms with Gasteiger partial charge in [-0.25, -0.2) is 8.42 Å². The molecule has 0 atom stereocenters. The minimum absolute atomic E-state index is 0.115. The Hall–Kier alpha value is -0.130. The van der Waals surface area contributed by atoms with Crippen molar-refractivity contribution in [2.45, 2.75) is 12.8 Å². The van der Waals surface area contributed by atoms with Crippen molar-refractivity contribution >= 4 is 9.84 Å². The normalized spacial score (nSPS) is 20.4. The van der Waals surface area contributed by atoms with Crippen LogP contribution in [0.1, 0.15) is 12.8 Å². The molecular formula is C8H17NO3S. The molecule has 0 radical (unpaired) electrons. The summed E-state index contributed by atoms with van der Waals surface area (Å²) in [6.07, 6.45) is 1.73. The molecule has 0 aromatic rings. The number of ether oxygens (including phenoxy) is 1. The molecule has 1 fully saturated rings. The molecule has 4 nitrogen and oxygen atoms in total. The van der Waals surface area contributed by atoms with Crippen LogP contribution in [0.25, 0.3) is 0 Å². The maximum atomic E-state index is 11.4. The lowest BCUT2D eigenvalue weighted by molar-refractivity contribution is 0.0723. The van der Waals surface area contributed by atoms with Crippen LogP contribution in [-0.4, -0.2) is 39.7 Å². The number of nitrogens with two attached hydrogens (primary N) is 1. The van der Waals surface area contributed by atoms with Crippen LogP contribution >= 0.6 is 0 Å². The van der Waals surface area contributed by atoms with Crippen molar-refractivity contribution in [1.29, 1.82) is 0 Å². The average Bonchev–Trinajstić information content (AvgIpc) is 2.04. The van der Waals surface area contributed by atoms with E-state index in [1.165, 1.54) is 0 Å². The van der Waals surface area contributed by atoms with Crippen LogP contribution in [0.5, 0.6) is 0 Å². The molecule has 13 heavy (non-hydrogen) atoms.